The molecule has 118 valence electrons. The monoisotopic (exact) mass is 290 g/mol. The lowest BCUT2D eigenvalue weighted by atomic mass is 10.0. The van der Waals surface area contributed by atoms with E-state index in [2.05, 4.69) is 41.4 Å². The fraction of sp³-hybridized carbons (Fsp3) is 0.667. The summed E-state index contributed by atoms with van der Waals surface area (Å²) in [5, 5.41) is 12.5. The molecular formula is C18H30N2O. The summed E-state index contributed by atoms with van der Waals surface area (Å²) >= 11 is 0. The number of hydrogen-bond acceptors (Lipinski definition) is 3. The van der Waals surface area contributed by atoms with Gasteiger partial charge in [-0.2, -0.15) is 0 Å². The Balaban J connectivity index is 1.99. The first kappa shape index (κ1) is 16.3. The smallest absolute Gasteiger partial charge is 0.0431 e. The summed E-state index contributed by atoms with van der Waals surface area (Å²) in [6, 6.07) is 9.39. The number of nitrogens with zero attached hydrogens (tertiary/aromatic N) is 1. The van der Waals surface area contributed by atoms with Crippen LogP contribution in [0.5, 0.6) is 0 Å². The maximum absolute atomic E-state index is 8.84. The van der Waals surface area contributed by atoms with Gasteiger partial charge in [-0.1, -0.05) is 38.0 Å². The van der Waals surface area contributed by atoms with E-state index in [4.69, 9.17) is 5.11 Å². The van der Waals surface area contributed by atoms with Crippen molar-refractivity contribution in [2.75, 3.05) is 31.1 Å². The topological polar surface area (TPSA) is 35.5 Å². The average Bonchev–Trinajstić information content (AvgIpc) is 2.68. The van der Waals surface area contributed by atoms with E-state index >= 15 is 0 Å². The highest BCUT2D eigenvalue weighted by Gasteiger charge is 2.21. The van der Waals surface area contributed by atoms with Gasteiger partial charge >= 0.3 is 0 Å². The van der Waals surface area contributed by atoms with Gasteiger partial charge in [-0.3, -0.25) is 0 Å². The molecule has 2 rings (SSSR count). The number of aliphatic hydroxyl groups is 1. The van der Waals surface area contributed by atoms with Crippen LogP contribution >= 0.6 is 0 Å². The number of nitrogens with one attached hydrogen (secondary N) is 1. The molecule has 1 atom stereocenters. The minimum atomic E-state index is 0.330. The van der Waals surface area contributed by atoms with Crippen LogP contribution in [-0.4, -0.2) is 31.3 Å². The van der Waals surface area contributed by atoms with E-state index in [1.165, 1.54) is 43.5 Å². The third-order valence-corrected chi connectivity index (χ3v) is 4.36. The van der Waals surface area contributed by atoms with Gasteiger partial charge in [-0.05, 0) is 43.9 Å². The fourth-order valence-corrected chi connectivity index (χ4v) is 3.29. The average molecular weight is 290 g/mol. The highest BCUT2D eigenvalue weighted by atomic mass is 16.2. The molecule has 1 aliphatic heterocycles. The summed E-state index contributed by atoms with van der Waals surface area (Å²) in [7, 11) is 0. The molecule has 3 heteroatoms. The van der Waals surface area contributed by atoms with Gasteiger partial charge in [0.2, 0.25) is 0 Å². The Morgan fingerprint density at radius 2 is 2.00 bits per heavy atom. The van der Waals surface area contributed by atoms with Crippen LogP contribution in [0.4, 0.5) is 5.69 Å². The number of rotatable bonds is 8. The van der Waals surface area contributed by atoms with Gasteiger partial charge in [0.1, 0.15) is 0 Å². The number of para-hydroxylation sites is 1. The van der Waals surface area contributed by atoms with Crippen molar-refractivity contribution in [1.82, 2.24) is 5.32 Å². The summed E-state index contributed by atoms with van der Waals surface area (Å²) in [5.74, 6) is 0. The van der Waals surface area contributed by atoms with Crippen molar-refractivity contribution in [3.05, 3.63) is 29.8 Å². The molecule has 0 aromatic heterocycles. The quantitative estimate of drug-likeness (QED) is 0.719. The lowest BCUT2D eigenvalue weighted by Crippen LogP contribution is -2.25. The third kappa shape index (κ3) is 4.72. The highest BCUT2D eigenvalue weighted by Crippen LogP contribution is 2.32. The van der Waals surface area contributed by atoms with Gasteiger partial charge in [0.25, 0.3) is 0 Å². The summed E-state index contributed by atoms with van der Waals surface area (Å²) in [5.41, 5.74) is 2.88. The van der Waals surface area contributed by atoms with Gasteiger partial charge in [0, 0.05) is 31.4 Å². The van der Waals surface area contributed by atoms with Gasteiger partial charge in [-0.15, -0.1) is 0 Å². The summed E-state index contributed by atoms with van der Waals surface area (Å²) in [6.45, 7) is 5.85. The third-order valence-electron chi connectivity index (χ3n) is 4.36. The number of benzene rings is 1. The molecule has 2 N–H and O–H groups in total. The molecule has 0 radical (unpaired) electrons. The predicted molar refractivity (Wildman–Crippen MR) is 89.9 cm³/mol. The molecule has 3 nitrogen and oxygen atoms in total. The van der Waals surface area contributed by atoms with Crippen molar-refractivity contribution in [3.63, 3.8) is 0 Å². The van der Waals surface area contributed by atoms with E-state index in [1.54, 1.807) is 0 Å². The van der Waals surface area contributed by atoms with Crippen LogP contribution in [0.25, 0.3) is 0 Å². The van der Waals surface area contributed by atoms with Crippen LogP contribution in [0.3, 0.4) is 0 Å². The van der Waals surface area contributed by atoms with Gasteiger partial charge in [0.15, 0.2) is 0 Å². The predicted octanol–water partition coefficient (Wildman–Crippen LogP) is 3.49. The van der Waals surface area contributed by atoms with E-state index < -0.39 is 0 Å². The largest absolute Gasteiger partial charge is 0.396 e. The Hall–Kier alpha value is -1.06. The minimum absolute atomic E-state index is 0.330. The van der Waals surface area contributed by atoms with Crippen molar-refractivity contribution < 1.29 is 5.11 Å². The summed E-state index contributed by atoms with van der Waals surface area (Å²) in [6.07, 6.45) is 7.01. The Morgan fingerprint density at radius 1 is 1.19 bits per heavy atom. The van der Waals surface area contributed by atoms with E-state index in [0.29, 0.717) is 12.6 Å². The van der Waals surface area contributed by atoms with Gasteiger partial charge in [-0.25, -0.2) is 0 Å². The number of aliphatic hydroxyl groups excluding tert-OH is 1. The zero-order valence-electron chi connectivity index (χ0n) is 13.4. The normalized spacial score (nSPS) is 18.4. The second-order valence-corrected chi connectivity index (χ2v) is 5.94. The molecular weight excluding hydrogens is 260 g/mol. The van der Waals surface area contributed by atoms with Crippen molar-refractivity contribution >= 4 is 5.69 Å². The zero-order valence-corrected chi connectivity index (χ0v) is 13.4. The van der Waals surface area contributed by atoms with Crippen LogP contribution in [0.1, 0.15) is 57.1 Å². The van der Waals surface area contributed by atoms with Crippen molar-refractivity contribution in [2.45, 2.75) is 51.5 Å². The molecule has 0 saturated heterocycles. The number of fused-ring (bicyclic) bond motifs is 1. The first-order chi connectivity index (χ1) is 10.4. The van der Waals surface area contributed by atoms with Crippen LogP contribution < -0.4 is 10.2 Å². The molecule has 21 heavy (non-hydrogen) atoms. The van der Waals surface area contributed by atoms with Crippen LogP contribution in [-0.2, 0) is 0 Å². The van der Waals surface area contributed by atoms with Crippen LogP contribution in [0.15, 0.2) is 24.3 Å². The Morgan fingerprint density at radius 3 is 2.81 bits per heavy atom. The lowest BCUT2D eigenvalue weighted by Gasteiger charge is -2.26. The summed E-state index contributed by atoms with van der Waals surface area (Å²) in [4.78, 5) is 2.56. The molecule has 0 saturated carbocycles. The number of anilines is 1. The summed E-state index contributed by atoms with van der Waals surface area (Å²) < 4.78 is 0. The second kappa shape index (κ2) is 9.06. The second-order valence-electron chi connectivity index (χ2n) is 5.94. The lowest BCUT2D eigenvalue weighted by molar-refractivity contribution is 0.282. The van der Waals surface area contributed by atoms with Crippen molar-refractivity contribution in [3.8, 4) is 0 Å². The molecule has 1 heterocycles. The fourth-order valence-electron chi connectivity index (χ4n) is 3.29. The molecule has 0 amide bonds. The molecule has 0 fully saturated rings. The van der Waals surface area contributed by atoms with E-state index in [-0.39, 0.29) is 0 Å². The van der Waals surface area contributed by atoms with Crippen molar-refractivity contribution in [2.24, 2.45) is 0 Å². The van der Waals surface area contributed by atoms with Gasteiger partial charge < -0.3 is 15.3 Å². The molecule has 1 aromatic carbocycles. The van der Waals surface area contributed by atoms with Crippen molar-refractivity contribution in [1.29, 1.82) is 0 Å². The Kier molecular flexibility index (Phi) is 7.04. The van der Waals surface area contributed by atoms with Gasteiger partial charge in [0.05, 0.1) is 0 Å². The molecule has 1 aromatic rings. The minimum Gasteiger partial charge on any atom is -0.396 e. The Labute approximate surface area is 129 Å². The van der Waals surface area contributed by atoms with Crippen LogP contribution in [0.2, 0.25) is 0 Å². The molecule has 0 bridgehead atoms. The molecule has 0 aliphatic carbocycles. The zero-order chi connectivity index (χ0) is 14.9. The highest BCUT2D eigenvalue weighted by molar-refractivity contribution is 5.55. The number of hydrogen-bond donors (Lipinski definition) is 2. The molecule has 1 aliphatic rings. The van der Waals surface area contributed by atoms with E-state index in [0.717, 1.165) is 25.9 Å². The first-order valence-electron chi connectivity index (χ1n) is 8.55. The first-order valence-corrected chi connectivity index (χ1v) is 8.55. The number of unbranched alkanes of at least 4 members (excludes halogenated alkanes) is 3. The molecule has 0 spiro atoms. The standard InChI is InChI=1S/C18H30N2O/c1-2-19-17-11-9-14-20(13-7-3-4-8-15-21)18-12-6-5-10-16(17)18/h5-6,10,12,17,19,21H,2-4,7-9,11,13-15H2,1H3. The SMILES string of the molecule is CCNC1CCCN(CCCCCCO)c2ccccc21. The Bertz CT molecular complexity index is 408. The van der Waals surface area contributed by atoms with E-state index in [1.807, 2.05) is 0 Å². The van der Waals surface area contributed by atoms with E-state index in [9.17, 15) is 0 Å². The maximum atomic E-state index is 8.84. The van der Waals surface area contributed by atoms with Crippen LogP contribution in [0, 0.1) is 0 Å². The molecule has 1 unspecified atom stereocenters. The maximum Gasteiger partial charge on any atom is 0.0431 e.